The molecule has 0 aromatic heterocycles. The largest absolute Gasteiger partial charge is 0.375 e. The highest BCUT2D eigenvalue weighted by Gasteiger charge is 2.22. The van der Waals surface area contributed by atoms with Gasteiger partial charge in [0.2, 0.25) is 11.8 Å². The molecule has 0 bridgehead atoms. The van der Waals surface area contributed by atoms with Gasteiger partial charge in [0.25, 0.3) is 0 Å². The van der Waals surface area contributed by atoms with Crippen LogP contribution in [-0.2, 0) is 14.3 Å². The number of hydrogen-bond acceptors (Lipinski definition) is 4. The SMILES string of the molecule is CCN(CC)C(=O)C(C)NC(=O)CC1CNCCO1. The minimum Gasteiger partial charge on any atom is -0.375 e. The molecule has 1 fully saturated rings. The van der Waals surface area contributed by atoms with Gasteiger partial charge in [0.05, 0.1) is 19.1 Å². The maximum absolute atomic E-state index is 12.0. The van der Waals surface area contributed by atoms with E-state index in [2.05, 4.69) is 10.6 Å². The predicted molar refractivity (Wildman–Crippen MR) is 72.8 cm³/mol. The number of nitrogens with zero attached hydrogens (tertiary/aromatic N) is 1. The number of hydrogen-bond donors (Lipinski definition) is 2. The van der Waals surface area contributed by atoms with Crippen molar-refractivity contribution in [1.82, 2.24) is 15.5 Å². The van der Waals surface area contributed by atoms with Crippen LogP contribution in [0.15, 0.2) is 0 Å². The Kier molecular flexibility index (Phi) is 6.80. The molecule has 1 heterocycles. The topological polar surface area (TPSA) is 70.7 Å². The van der Waals surface area contributed by atoms with E-state index in [1.165, 1.54) is 0 Å². The van der Waals surface area contributed by atoms with Crippen molar-refractivity contribution in [3.8, 4) is 0 Å². The Morgan fingerprint density at radius 1 is 1.42 bits per heavy atom. The molecule has 6 heteroatoms. The third kappa shape index (κ3) is 5.16. The van der Waals surface area contributed by atoms with Crippen molar-refractivity contribution in [2.24, 2.45) is 0 Å². The van der Waals surface area contributed by atoms with E-state index in [4.69, 9.17) is 4.74 Å². The summed E-state index contributed by atoms with van der Waals surface area (Å²) in [6.45, 7) is 9.04. The molecular formula is C13H25N3O3. The second-order valence-corrected chi connectivity index (χ2v) is 4.70. The van der Waals surface area contributed by atoms with Crippen molar-refractivity contribution >= 4 is 11.8 Å². The average molecular weight is 271 g/mol. The zero-order chi connectivity index (χ0) is 14.3. The van der Waals surface area contributed by atoms with E-state index in [-0.39, 0.29) is 17.9 Å². The van der Waals surface area contributed by atoms with Gasteiger partial charge in [-0.2, -0.15) is 0 Å². The molecule has 110 valence electrons. The molecule has 1 aliphatic heterocycles. The van der Waals surface area contributed by atoms with E-state index in [0.717, 1.165) is 6.54 Å². The normalized spacial score (nSPS) is 20.7. The third-order valence-electron chi connectivity index (χ3n) is 3.24. The van der Waals surface area contributed by atoms with Gasteiger partial charge in [-0.3, -0.25) is 9.59 Å². The Balaban J connectivity index is 2.36. The second kappa shape index (κ2) is 8.12. The highest BCUT2D eigenvalue weighted by atomic mass is 16.5. The summed E-state index contributed by atoms with van der Waals surface area (Å²) in [5.41, 5.74) is 0. The summed E-state index contributed by atoms with van der Waals surface area (Å²) in [4.78, 5) is 25.5. The van der Waals surface area contributed by atoms with Gasteiger partial charge in [-0.1, -0.05) is 0 Å². The van der Waals surface area contributed by atoms with Crippen LogP contribution >= 0.6 is 0 Å². The quantitative estimate of drug-likeness (QED) is 0.698. The molecule has 0 aromatic rings. The number of carbonyl (C=O) groups is 2. The molecular weight excluding hydrogens is 246 g/mol. The smallest absolute Gasteiger partial charge is 0.244 e. The van der Waals surface area contributed by atoms with Crippen LogP contribution in [0.5, 0.6) is 0 Å². The summed E-state index contributed by atoms with van der Waals surface area (Å²) in [6, 6.07) is -0.482. The van der Waals surface area contributed by atoms with Gasteiger partial charge in [-0.05, 0) is 20.8 Å². The molecule has 2 amide bonds. The van der Waals surface area contributed by atoms with E-state index in [9.17, 15) is 9.59 Å². The minimum absolute atomic E-state index is 0.0407. The first kappa shape index (κ1) is 15.9. The van der Waals surface area contributed by atoms with Crippen LogP contribution < -0.4 is 10.6 Å². The fraction of sp³-hybridized carbons (Fsp3) is 0.846. The summed E-state index contributed by atoms with van der Waals surface area (Å²) in [6.07, 6.45) is 0.201. The van der Waals surface area contributed by atoms with Crippen molar-refractivity contribution in [2.75, 3.05) is 32.8 Å². The Morgan fingerprint density at radius 2 is 2.11 bits per heavy atom. The minimum atomic E-state index is -0.482. The van der Waals surface area contributed by atoms with Crippen molar-refractivity contribution in [1.29, 1.82) is 0 Å². The maximum Gasteiger partial charge on any atom is 0.244 e. The average Bonchev–Trinajstić information content (AvgIpc) is 2.40. The van der Waals surface area contributed by atoms with E-state index in [1.54, 1.807) is 11.8 Å². The molecule has 0 saturated carbocycles. The Hall–Kier alpha value is -1.14. The molecule has 0 radical (unpaired) electrons. The molecule has 0 spiro atoms. The zero-order valence-electron chi connectivity index (χ0n) is 12.1. The van der Waals surface area contributed by atoms with Crippen LogP contribution in [0.1, 0.15) is 27.2 Å². The summed E-state index contributed by atoms with van der Waals surface area (Å²) in [7, 11) is 0. The first-order chi connectivity index (χ1) is 9.08. The molecule has 0 aliphatic carbocycles. The van der Waals surface area contributed by atoms with Crippen molar-refractivity contribution in [2.45, 2.75) is 39.3 Å². The summed E-state index contributed by atoms with van der Waals surface area (Å²) in [5, 5.41) is 5.91. The predicted octanol–water partition coefficient (Wildman–Crippen LogP) is -0.262. The molecule has 19 heavy (non-hydrogen) atoms. The van der Waals surface area contributed by atoms with Gasteiger partial charge in [0, 0.05) is 26.2 Å². The maximum atomic E-state index is 12.0. The lowest BCUT2D eigenvalue weighted by atomic mass is 10.2. The van der Waals surface area contributed by atoms with Gasteiger partial charge >= 0.3 is 0 Å². The van der Waals surface area contributed by atoms with Crippen LogP contribution in [0, 0.1) is 0 Å². The second-order valence-electron chi connectivity index (χ2n) is 4.70. The van der Waals surface area contributed by atoms with Gasteiger partial charge in [0.15, 0.2) is 0 Å². The van der Waals surface area contributed by atoms with Crippen LogP contribution in [-0.4, -0.2) is 61.6 Å². The molecule has 2 unspecified atom stereocenters. The lowest BCUT2D eigenvalue weighted by Gasteiger charge is -2.25. The zero-order valence-corrected chi connectivity index (χ0v) is 12.1. The molecule has 1 aliphatic rings. The number of ether oxygens (including phenoxy) is 1. The van der Waals surface area contributed by atoms with Crippen LogP contribution in [0.3, 0.4) is 0 Å². The highest BCUT2D eigenvalue weighted by molar-refractivity contribution is 5.87. The molecule has 2 N–H and O–H groups in total. The van der Waals surface area contributed by atoms with Gasteiger partial charge in [0.1, 0.15) is 6.04 Å². The molecule has 1 rings (SSSR count). The standard InChI is InChI=1S/C13H25N3O3/c1-4-16(5-2)13(18)10(3)15-12(17)8-11-9-14-6-7-19-11/h10-11,14H,4-9H2,1-3H3,(H,15,17). The number of morpholine rings is 1. The van der Waals surface area contributed by atoms with Crippen molar-refractivity contribution in [3.63, 3.8) is 0 Å². The fourth-order valence-corrected chi connectivity index (χ4v) is 2.13. The van der Waals surface area contributed by atoms with Crippen LogP contribution in [0.25, 0.3) is 0 Å². The molecule has 1 saturated heterocycles. The summed E-state index contributed by atoms with van der Waals surface area (Å²) < 4.78 is 5.46. The van der Waals surface area contributed by atoms with E-state index >= 15 is 0 Å². The first-order valence-electron chi connectivity index (χ1n) is 6.98. The van der Waals surface area contributed by atoms with E-state index < -0.39 is 6.04 Å². The number of amides is 2. The van der Waals surface area contributed by atoms with Gasteiger partial charge in [-0.25, -0.2) is 0 Å². The van der Waals surface area contributed by atoms with Crippen molar-refractivity contribution in [3.05, 3.63) is 0 Å². The highest BCUT2D eigenvalue weighted by Crippen LogP contribution is 2.02. The summed E-state index contributed by atoms with van der Waals surface area (Å²) >= 11 is 0. The Morgan fingerprint density at radius 3 is 2.63 bits per heavy atom. The Bertz CT molecular complexity index is 300. The first-order valence-corrected chi connectivity index (χ1v) is 6.98. The van der Waals surface area contributed by atoms with Gasteiger partial charge in [-0.15, -0.1) is 0 Å². The number of nitrogens with one attached hydrogen (secondary N) is 2. The molecule has 0 aromatic carbocycles. The number of rotatable bonds is 6. The van der Waals surface area contributed by atoms with E-state index in [0.29, 0.717) is 32.7 Å². The monoisotopic (exact) mass is 271 g/mol. The Labute approximate surface area is 114 Å². The molecule has 2 atom stereocenters. The number of carbonyl (C=O) groups excluding carboxylic acids is 2. The van der Waals surface area contributed by atoms with Gasteiger partial charge < -0.3 is 20.3 Å². The lowest BCUT2D eigenvalue weighted by molar-refractivity contribution is -0.136. The molecule has 6 nitrogen and oxygen atoms in total. The van der Waals surface area contributed by atoms with Crippen LogP contribution in [0.4, 0.5) is 0 Å². The fourth-order valence-electron chi connectivity index (χ4n) is 2.13. The van der Waals surface area contributed by atoms with E-state index in [1.807, 2.05) is 13.8 Å². The number of likely N-dealkylation sites (N-methyl/N-ethyl adjacent to an activating group) is 1. The third-order valence-corrected chi connectivity index (χ3v) is 3.24. The summed E-state index contributed by atoms with van der Waals surface area (Å²) in [5.74, 6) is -0.178. The van der Waals surface area contributed by atoms with Crippen molar-refractivity contribution < 1.29 is 14.3 Å². The van der Waals surface area contributed by atoms with Crippen LogP contribution in [0.2, 0.25) is 0 Å². The lowest BCUT2D eigenvalue weighted by Crippen LogP contribution is -2.48.